The Kier molecular flexibility index (Phi) is 5.27. The highest BCUT2D eigenvalue weighted by Gasteiger charge is 2.02. The third kappa shape index (κ3) is 3.89. The molecule has 0 aliphatic carbocycles. The number of halogens is 1. The van der Waals surface area contributed by atoms with Gasteiger partial charge in [-0.15, -0.1) is 0 Å². The molecule has 0 saturated carbocycles. The van der Waals surface area contributed by atoms with Gasteiger partial charge in [-0.25, -0.2) is 4.39 Å². The Hall–Kier alpha value is -1.71. The Morgan fingerprint density at radius 1 is 1.05 bits per heavy atom. The molecular weight excluding hydrogens is 253 g/mol. The van der Waals surface area contributed by atoms with Crippen LogP contribution in [-0.4, -0.2) is 7.11 Å². The smallest absolute Gasteiger partial charge is 0.126 e. The quantitative estimate of drug-likeness (QED) is 0.868. The van der Waals surface area contributed by atoms with Gasteiger partial charge in [-0.3, -0.25) is 0 Å². The van der Waals surface area contributed by atoms with Gasteiger partial charge in [0.2, 0.25) is 0 Å². The van der Waals surface area contributed by atoms with Gasteiger partial charge in [-0.05, 0) is 35.2 Å². The maximum atomic E-state index is 13.2. The van der Waals surface area contributed by atoms with E-state index in [4.69, 9.17) is 4.74 Å². The first-order chi connectivity index (χ1) is 9.70. The van der Waals surface area contributed by atoms with Crippen molar-refractivity contribution in [2.24, 2.45) is 0 Å². The zero-order valence-corrected chi connectivity index (χ0v) is 11.9. The Bertz CT molecular complexity index is 569. The van der Waals surface area contributed by atoms with Gasteiger partial charge >= 0.3 is 0 Å². The maximum Gasteiger partial charge on any atom is 0.126 e. The first-order valence-electron chi connectivity index (χ1n) is 6.72. The van der Waals surface area contributed by atoms with Crippen LogP contribution in [-0.2, 0) is 24.4 Å². The summed E-state index contributed by atoms with van der Waals surface area (Å²) in [5.74, 6) is -0.154. The normalized spacial score (nSPS) is 10.8. The summed E-state index contributed by atoms with van der Waals surface area (Å²) in [6, 6.07) is 13.4. The summed E-state index contributed by atoms with van der Waals surface area (Å²) < 4.78 is 18.4. The molecule has 3 heteroatoms. The van der Waals surface area contributed by atoms with E-state index in [0.717, 1.165) is 18.7 Å². The van der Waals surface area contributed by atoms with Gasteiger partial charge in [0.15, 0.2) is 0 Å². The second kappa shape index (κ2) is 7.17. The second-order valence-electron chi connectivity index (χ2n) is 4.89. The molecule has 0 aliphatic rings. The van der Waals surface area contributed by atoms with Crippen LogP contribution in [0.1, 0.15) is 22.3 Å². The number of nitrogens with one attached hydrogen (secondary N) is 1. The minimum Gasteiger partial charge on any atom is -0.380 e. The minimum absolute atomic E-state index is 0.154. The number of benzene rings is 2. The number of aryl methyl sites for hydroxylation is 1. The average molecular weight is 273 g/mol. The monoisotopic (exact) mass is 273 g/mol. The first kappa shape index (κ1) is 14.7. The van der Waals surface area contributed by atoms with Gasteiger partial charge in [0.1, 0.15) is 5.82 Å². The van der Waals surface area contributed by atoms with E-state index in [-0.39, 0.29) is 5.82 Å². The molecular formula is C17H20FNO. The molecule has 0 saturated heterocycles. The molecule has 0 atom stereocenters. The molecule has 0 aliphatic heterocycles. The van der Waals surface area contributed by atoms with Crippen molar-refractivity contribution in [1.29, 1.82) is 0 Å². The molecule has 0 unspecified atom stereocenters. The highest BCUT2D eigenvalue weighted by Crippen LogP contribution is 2.11. The predicted molar refractivity (Wildman–Crippen MR) is 78.8 cm³/mol. The summed E-state index contributed by atoms with van der Waals surface area (Å²) in [7, 11) is 1.70. The topological polar surface area (TPSA) is 21.3 Å². The summed E-state index contributed by atoms with van der Waals surface area (Å²) >= 11 is 0. The van der Waals surface area contributed by atoms with Crippen LogP contribution < -0.4 is 5.32 Å². The van der Waals surface area contributed by atoms with E-state index < -0.39 is 0 Å². The lowest BCUT2D eigenvalue weighted by molar-refractivity contribution is 0.184. The Labute approximate surface area is 119 Å². The zero-order valence-electron chi connectivity index (χ0n) is 11.9. The number of rotatable bonds is 6. The average Bonchev–Trinajstić information content (AvgIpc) is 2.45. The molecule has 20 heavy (non-hydrogen) atoms. The molecule has 0 bridgehead atoms. The van der Waals surface area contributed by atoms with Gasteiger partial charge in [0.25, 0.3) is 0 Å². The number of methoxy groups -OCH3 is 1. The van der Waals surface area contributed by atoms with Gasteiger partial charge in [-0.2, -0.15) is 0 Å². The second-order valence-corrected chi connectivity index (χ2v) is 4.89. The molecule has 0 heterocycles. The first-order valence-corrected chi connectivity index (χ1v) is 6.72. The van der Waals surface area contributed by atoms with Crippen LogP contribution in [0.15, 0.2) is 42.5 Å². The van der Waals surface area contributed by atoms with E-state index in [1.54, 1.807) is 14.0 Å². The number of hydrogen-bond donors (Lipinski definition) is 1. The van der Waals surface area contributed by atoms with Crippen molar-refractivity contribution in [2.75, 3.05) is 7.11 Å². The summed E-state index contributed by atoms with van der Waals surface area (Å²) in [4.78, 5) is 0. The molecule has 2 aromatic rings. The summed E-state index contributed by atoms with van der Waals surface area (Å²) in [6.07, 6.45) is 0. The van der Waals surface area contributed by atoms with E-state index in [2.05, 4.69) is 17.4 Å². The van der Waals surface area contributed by atoms with Gasteiger partial charge < -0.3 is 10.1 Å². The van der Waals surface area contributed by atoms with Crippen LogP contribution in [0.3, 0.4) is 0 Å². The van der Waals surface area contributed by atoms with Gasteiger partial charge in [0, 0.05) is 20.2 Å². The van der Waals surface area contributed by atoms with Crippen molar-refractivity contribution < 1.29 is 9.13 Å². The van der Waals surface area contributed by atoms with Crippen LogP contribution in [0.4, 0.5) is 4.39 Å². The molecule has 2 aromatic carbocycles. The third-order valence-corrected chi connectivity index (χ3v) is 3.29. The van der Waals surface area contributed by atoms with Crippen LogP contribution in [0.2, 0.25) is 0 Å². The molecule has 106 valence electrons. The highest BCUT2D eigenvalue weighted by atomic mass is 19.1. The molecule has 0 fully saturated rings. The van der Waals surface area contributed by atoms with Crippen LogP contribution in [0.25, 0.3) is 0 Å². The van der Waals surface area contributed by atoms with E-state index >= 15 is 0 Å². The Balaban J connectivity index is 1.94. The van der Waals surface area contributed by atoms with Crippen molar-refractivity contribution in [1.82, 2.24) is 5.32 Å². The number of hydrogen-bond acceptors (Lipinski definition) is 2. The molecule has 0 spiro atoms. The van der Waals surface area contributed by atoms with Gasteiger partial charge in [-0.1, -0.05) is 36.4 Å². The summed E-state index contributed by atoms with van der Waals surface area (Å²) in [5, 5.41) is 3.39. The lowest BCUT2D eigenvalue weighted by Gasteiger charge is -2.10. The van der Waals surface area contributed by atoms with E-state index in [1.165, 1.54) is 17.2 Å². The summed E-state index contributed by atoms with van der Waals surface area (Å²) in [5.41, 5.74) is 4.20. The lowest BCUT2D eigenvalue weighted by Crippen LogP contribution is -2.14. The van der Waals surface area contributed by atoms with Crippen molar-refractivity contribution in [3.8, 4) is 0 Å². The van der Waals surface area contributed by atoms with Crippen molar-refractivity contribution in [2.45, 2.75) is 26.6 Å². The standard InChI is InChI=1S/C17H20FNO/c1-13-9-14(7-8-17(13)18)10-19-11-15-5-3-4-6-16(15)12-20-2/h3-9,19H,10-12H2,1-2H3. The van der Waals surface area contributed by atoms with Crippen LogP contribution >= 0.6 is 0 Å². The molecule has 0 radical (unpaired) electrons. The van der Waals surface area contributed by atoms with Gasteiger partial charge in [0.05, 0.1) is 6.61 Å². The molecule has 2 nitrogen and oxygen atoms in total. The fourth-order valence-corrected chi connectivity index (χ4v) is 2.18. The molecule has 0 amide bonds. The maximum absolute atomic E-state index is 13.2. The zero-order chi connectivity index (χ0) is 14.4. The van der Waals surface area contributed by atoms with Crippen molar-refractivity contribution >= 4 is 0 Å². The van der Waals surface area contributed by atoms with E-state index in [9.17, 15) is 4.39 Å². The Morgan fingerprint density at radius 3 is 2.50 bits per heavy atom. The SMILES string of the molecule is COCc1ccccc1CNCc1ccc(F)c(C)c1. The Morgan fingerprint density at radius 2 is 1.80 bits per heavy atom. The fraction of sp³-hybridized carbons (Fsp3) is 0.294. The predicted octanol–water partition coefficient (Wildman–Crippen LogP) is 3.57. The minimum atomic E-state index is -0.154. The fourth-order valence-electron chi connectivity index (χ4n) is 2.18. The van der Waals surface area contributed by atoms with Crippen LogP contribution in [0.5, 0.6) is 0 Å². The number of ether oxygens (including phenoxy) is 1. The molecule has 2 rings (SSSR count). The highest BCUT2D eigenvalue weighted by molar-refractivity contribution is 5.27. The molecule has 1 N–H and O–H groups in total. The van der Waals surface area contributed by atoms with Crippen LogP contribution in [0, 0.1) is 12.7 Å². The van der Waals surface area contributed by atoms with E-state index in [1.807, 2.05) is 24.3 Å². The lowest BCUT2D eigenvalue weighted by atomic mass is 10.1. The van der Waals surface area contributed by atoms with Crippen molar-refractivity contribution in [3.63, 3.8) is 0 Å². The summed E-state index contributed by atoms with van der Waals surface area (Å²) in [6.45, 7) is 3.90. The molecule has 0 aromatic heterocycles. The largest absolute Gasteiger partial charge is 0.380 e. The van der Waals surface area contributed by atoms with E-state index in [0.29, 0.717) is 12.2 Å². The van der Waals surface area contributed by atoms with Crippen molar-refractivity contribution in [3.05, 3.63) is 70.5 Å². The third-order valence-electron chi connectivity index (χ3n) is 3.29.